The van der Waals surface area contributed by atoms with Crippen molar-refractivity contribution in [3.05, 3.63) is 28.4 Å². The quantitative estimate of drug-likeness (QED) is 0.860. The predicted octanol–water partition coefficient (Wildman–Crippen LogP) is 3.13. The van der Waals surface area contributed by atoms with E-state index in [1.54, 1.807) is 0 Å². The van der Waals surface area contributed by atoms with Gasteiger partial charge in [0.25, 0.3) is 0 Å². The highest BCUT2D eigenvalue weighted by Crippen LogP contribution is 2.28. The van der Waals surface area contributed by atoms with E-state index in [-0.39, 0.29) is 0 Å². The van der Waals surface area contributed by atoms with Gasteiger partial charge in [0, 0.05) is 9.86 Å². The fourth-order valence-electron chi connectivity index (χ4n) is 1.52. The average Bonchev–Trinajstić information content (AvgIpc) is 2.61. The van der Waals surface area contributed by atoms with E-state index in [2.05, 4.69) is 32.2 Å². The average molecular weight is 264 g/mol. The summed E-state index contributed by atoms with van der Waals surface area (Å²) in [5.41, 5.74) is 1.18. The molecule has 0 saturated carbocycles. The number of aromatic amines is 1. The number of nitrogens with zero attached hydrogens (tertiary/aromatic N) is 2. The molecule has 2 aromatic rings. The van der Waals surface area contributed by atoms with Crippen LogP contribution in [0.25, 0.3) is 10.9 Å². The third-order valence-electron chi connectivity index (χ3n) is 2.40. The lowest BCUT2D eigenvalue weighted by Crippen LogP contribution is -2.14. The molecule has 1 aromatic heterocycles. The maximum atomic E-state index is 9.07. The van der Waals surface area contributed by atoms with Gasteiger partial charge in [-0.3, -0.25) is 5.10 Å². The van der Waals surface area contributed by atoms with E-state index in [9.17, 15) is 0 Å². The topological polar surface area (TPSA) is 52.5 Å². The standard InChI is InChI=1S/C11H10BrN3/c1-11(2,6-13)10-8-4-3-7(12)5-9(8)14-15-10/h3-5H,1-2H3,(H,14,15). The molecule has 3 nitrogen and oxygen atoms in total. The Hall–Kier alpha value is -1.34. The van der Waals surface area contributed by atoms with Crippen molar-refractivity contribution in [1.29, 1.82) is 5.26 Å². The van der Waals surface area contributed by atoms with Crippen LogP contribution in [-0.4, -0.2) is 10.2 Å². The van der Waals surface area contributed by atoms with Crippen LogP contribution in [0.1, 0.15) is 19.5 Å². The number of aromatic nitrogens is 2. The second-order valence-corrected chi connectivity index (χ2v) is 4.91. The van der Waals surface area contributed by atoms with Gasteiger partial charge < -0.3 is 0 Å². The number of fused-ring (bicyclic) bond motifs is 1. The Labute approximate surface area is 96.2 Å². The van der Waals surface area contributed by atoms with Crippen LogP contribution in [0.3, 0.4) is 0 Å². The summed E-state index contributed by atoms with van der Waals surface area (Å²) in [7, 11) is 0. The van der Waals surface area contributed by atoms with E-state index in [0.717, 1.165) is 21.1 Å². The normalized spacial score (nSPS) is 11.6. The molecule has 0 aliphatic rings. The van der Waals surface area contributed by atoms with Gasteiger partial charge in [0.2, 0.25) is 0 Å². The molecule has 1 heterocycles. The minimum atomic E-state index is -0.563. The van der Waals surface area contributed by atoms with Gasteiger partial charge in [0.1, 0.15) is 0 Å². The Bertz CT molecular complexity index is 548. The molecule has 2 rings (SSSR count). The lowest BCUT2D eigenvalue weighted by Gasteiger charge is -2.11. The first kappa shape index (κ1) is 10.2. The van der Waals surface area contributed by atoms with Crippen molar-refractivity contribution in [2.75, 3.05) is 0 Å². The van der Waals surface area contributed by atoms with Gasteiger partial charge in [-0.05, 0) is 32.0 Å². The van der Waals surface area contributed by atoms with Crippen molar-refractivity contribution >= 4 is 26.8 Å². The van der Waals surface area contributed by atoms with Crippen LogP contribution in [-0.2, 0) is 5.41 Å². The highest BCUT2D eigenvalue weighted by atomic mass is 79.9. The second-order valence-electron chi connectivity index (χ2n) is 4.00. The van der Waals surface area contributed by atoms with Crippen molar-refractivity contribution in [2.45, 2.75) is 19.3 Å². The number of H-pyrrole nitrogens is 1. The van der Waals surface area contributed by atoms with E-state index in [1.807, 2.05) is 32.0 Å². The zero-order valence-electron chi connectivity index (χ0n) is 8.50. The Balaban J connectivity index is 2.71. The Morgan fingerprint density at radius 2 is 2.20 bits per heavy atom. The molecule has 0 atom stereocenters. The van der Waals surface area contributed by atoms with E-state index in [4.69, 9.17) is 5.26 Å². The number of nitrogens with one attached hydrogen (secondary N) is 1. The third kappa shape index (κ3) is 1.64. The molecule has 1 N–H and O–H groups in total. The molecule has 15 heavy (non-hydrogen) atoms. The summed E-state index contributed by atoms with van der Waals surface area (Å²) in [6.45, 7) is 3.73. The largest absolute Gasteiger partial charge is 0.277 e. The SMILES string of the molecule is CC(C)(C#N)c1n[nH]c2cc(Br)ccc12. The Kier molecular flexibility index (Phi) is 2.28. The van der Waals surface area contributed by atoms with Gasteiger partial charge >= 0.3 is 0 Å². The summed E-state index contributed by atoms with van der Waals surface area (Å²) >= 11 is 3.40. The van der Waals surface area contributed by atoms with Crippen LogP contribution in [0, 0.1) is 11.3 Å². The van der Waals surface area contributed by atoms with Crippen LogP contribution in [0.4, 0.5) is 0 Å². The summed E-state index contributed by atoms with van der Waals surface area (Å²) in [5, 5.41) is 17.2. The number of benzene rings is 1. The third-order valence-corrected chi connectivity index (χ3v) is 2.89. The molecule has 4 heteroatoms. The van der Waals surface area contributed by atoms with E-state index < -0.39 is 5.41 Å². The number of nitriles is 1. The zero-order valence-corrected chi connectivity index (χ0v) is 10.1. The smallest absolute Gasteiger partial charge is 0.0961 e. The lowest BCUT2D eigenvalue weighted by atomic mass is 9.89. The second kappa shape index (κ2) is 3.35. The highest BCUT2D eigenvalue weighted by molar-refractivity contribution is 9.10. The van der Waals surface area contributed by atoms with Crippen LogP contribution >= 0.6 is 15.9 Å². The van der Waals surface area contributed by atoms with Gasteiger partial charge in [-0.15, -0.1) is 0 Å². The maximum absolute atomic E-state index is 9.07. The van der Waals surface area contributed by atoms with Gasteiger partial charge in [0.05, 0.1) is 22.7 Å². The van der Waals surface area contributed by atoms with E-state index >= 15 is 0 Å². The Morgan fingerprint density at radius 3 is 2.87 bits per heavy atom. The van der Waals surface area contributed by atoms with Crippen molar-refractivity contribution < 1.29 is 0 Å². The molecule has 76 valence electrons. The predicted molar refractivity (Wildman–Crippen MR) is 62.4 cm³/mol. The monoisotopic (exact) mass is 263 g/mol. The van der Waals surface area contributed by atoms with Gasteiger partial charge in [-0.25, -0.2) is 0 Å². The molecule has 0 saturated heterocycles. The van der Waals surface area contributed by atoms with E-state index in [0.29, 0.717) is 0 Å². The fourth-order valence-corrected chi connectivity index (χ4v) is 1.88. The molecule has 1 aromatic carbocycles. The zero-order chi connectivity index (χ0) is 11.1. The minimum Gasteiger partial charge on any atom is -0.277 e. The summed E-state index contributed by atoms with van der Waals surface area (Å²) in [5.74, 6) is 0. The fraction of sp³-hybridized carbons (Fsp3) is 0.273. The van der Waals surface area contributed by atoms with Gasteiger partial charge in [0.15, 0.2) is 0 Å². The van der Waals surface area contributed by atoms with Crippen molar-refractivity contribution in [3.63, 3.8) is 0 Å². The number of hydrogen-bond acceptors (Lipinski definition) is 2. The van der Waals surface area contributed by atoms with Gasteiger partial charge in [-0.2, -0.15) is 10.4 Å². The molecular formula is C11H10BrN3. The minimum absolute atomic E-state index is 0.563. The van der Waals surface area contributed by atoms with Crippen molar-refractivity contribution in [1.82, 2.24) is 10.2 Å². The first-order valence-electron chi connectivity index (χ1n) is 4.60. The summed E-state index contributed by atoms with van der Waals surface area (Å²) in [6, 6.07) is 8.14. The Morgan fingerprint density at radius 1 is 1.47 bits per heavy atom. The highest BCUT2D eigenvalue weighted by Gasteiger charge is 2.25. The molecule has 0 bridgehead atoms. The van der Waals surface area contributed by atoms with Crippen LogP contribution in [0.2, 0.25) is 0 Å². The first-order chi connectivity index (χ1) is 7.04. The van der Waals surface area contributed by atoms with Crippen LogP contribution in [0.15, 0.2) is 22.7 Å². The summed E-state index contributed by atoms with van der Waals surface area (Å²) in [6.07, 6.45) is 0. The first-order valence-corrected chi connectivity index (χ1v) is 5.39. The molecule has 0 unspecified atom stereocenters. The lowest BCUT2D eigenvalue weighted by molar-refractivity contribution is 0.661. The molecule has 0 amide bonds. The molecule has 0 fully saturated rings. The molecular weight excluding hydrogens is 254 g/mol. The molecule has 0 spiro atoms. The van der Waals surface area contributed by atoms with Crippen LogP contribution in [0.5, 0.6) is 0 Å². The summed E-state index contributed by atoms with van der Waals surface area (Å²) < 4.78 is 1.000. The molecule has 0 radical (unpaired) electrons. The van der Waals surface area contributed by atoms with Crippen molar-refractivity contribution in [2.24, 2.45) is 0 Å². The maximum Gasteiger partial charge on any atom is 0.0961 e. The molecule has 0 aliphatic carbocycles. The molecule has 0 aliphatic heterocycles. The number of rotatable bonds is 1. The number of halogens is 1. The number of hydrogen-bond donors (Lipinski definition) is 1. The van der Waals surface area contributed by atoms with Gasteiger partial charge in [-0.1, -0.05) is 15.9 Å². The summed E-state index contributed by atoms with van der Waals surface area (Å²) in [4.78, 5) is 0. The van der Waals surface area contributed by atoms with E-state index in [1.165, 1.54) is 0 Å². The van der Waals surface area contributed by atoms with Crippen LogP contribution < -0.4 is 0 Å². The van der Waals surface area contributed by atoms with Crippen molar-refractivity contribution in [3.8, 4) is 6.07 Å².